The number of pyridine rings is 1. The van der Waals surface area contributed by atoms with E-state index in [2.05, 4.69) is 33.3 Å². The number of carbonyl (C=O) groups is 1. The fourth-order valence-corrected chi connectivity index (χ4v) is 2.89. The molecule has 0 aromatic carbocycles. The van der Waals surface area contributed by atoms with Crippen molar-refractivity contribution in [3.05, 3.63) is 28.5 Å². The number of hydrogen-bond donors (Lipinski definition) is 2. The van der Waals surface area contributed by atoms with Crippen molar-refractivity contribution in [3.8, 4) is 0 Å². The third-order valence-corrected chi connectivity index (χ3v) is 3.67. The molecular weight excluding hydrogens is 270 g/mol. The van der Waals surface area contributed by atoms with E-state index in [1.165, 1.54) is 0 Å². The van der Waals surface area contributed by atoms with E-state index in [1.54, 1.807) is 6.20 Å². The second kappa shape index (κ2) is 4.14. The molecule has 0 bridgehead atoms. The Balaban J connectivity index is 2.37. The van der Waals surface area contributed by atoms with Gasteiger partial charge in [-0.1, -0.05) is 6.92 Å². The van der Waals surface area contributed by atoms with Gasteiger partial charge in [-0.3, -0.25) is 10.2 Å². The summed E-state index contributed by atoms with van der Waals surface area (Å²) in [7, 11) is 0. The van der Waals surface area contributed by atoms with Crippen LogP contribution in [0, 0.1) is 5.92 Å². The molecule has 0 saturated heterocycles. The van der Waals surface area contributed by atoms with E-state index in [-0.39, 0.29) is 5.91 Å². The van der Waals surface area contributed by atoms with Gasteiger partial charge in [0.1, 0.15) is 4.60 Å². The van der Waals surface area contributed by atoms with Gasteiger partial charge in [-0.15, -0.1) is 0 Å². The Kier molecular flexibility index (Phi) is 2.99. The number of hydrazine groups is 1. The molecule has 3 N–H and O–H groups in total. The van der Waals surface area contributed by atoms with Crippen molar-refractivity contribution in [1.29, 1.82) is 0 Å². The topological polar surface area (TPSA) is 68.0 Å². The molecule has 4 nitrogen and oxygen atoms in total. The molecule has 0 spiro atoms. The molecule has 1 aromatic heterocycles. The van der Waals surface area contributed by atoms with Gasteiger partial charge >= 0.3 is 0 Å². The zero-order valence-corrected chi connectivity index (χ0v) is 10.6. The van der Waals surface area contributed by atoms with Gasteiger partial charge in [-0.05, 0) is 52.4 Å². The lowest BCUT2D eigenvalue weighted by Gasteiger charge is -2.45. The Morgan fingerprint density at radius 3 is 2.88 bits per heavy atom. The summed E-state index contributed by atoms with van der Waals surface area (Å²) in [6, 6.07) is 3.77. The number of amides is 1. The minimum Gasteiger partial charge on any atom is -0.293 e. The Labute approximate surface area is 103 Å². The standard InChI is InChI=1S/C11H14BrN3O/c1-7-5-11(6-7,10(16)15-13)8-2-3-14-9(12)4-8/h2-4,7H,5-6,13H2,1H3,(H,15,16). The van der Waals surface area contributed by atoms with Crippen LogP contribution in [0.5, 0.6) is 0 Å². The minimum atomic E-state index is -0.459. The van der Waals surface area contributed by atoms with Crippen molar-refractivity contribution >= 4 is 21.8 Å². The van der Waals surface area contributed by atoms with Gasteiger partial charge < -0.3 is 0 Å². The molecule has 1 fully saturated rings. The predicted octanol–water partition coefficient (Wildman–Crippen LogP) is 1.50. The second-order valence-corrected chi connectivity index (χ2v) is 5.25. The molecular formula is C11H14BrN3O. The molecule has 1 aliphatic rings. The average Bonchev–Trinajstić information content (AvgIpc) is 2.23. The molecule has 86 valence electrons. The first-order valence-corrected chi connectivity index (χ1v) is 6.01. The molecule has 0 aliphatic heterocycles. The van der Waals surface area contributed by atoms with Crippen LogP contribution in [-0.4, -0.2) is 10.9 Å². The first kappa shape index (κ1) is 11.5. The number of nitrogens with zero attached hydrogens (tertiary/aromatic N) is 1. The molecule has 2 rings (SSSR count). The van der Waals surface area contributed by atoms with Gasteiger partial charge in [0, 0.05) is 6.20 Å². The first-order valence-electron chi connectivity index (χ1n) is 5.21. The molecule has 1 amide bonds. The van der Waals surface area contributed by atoms with Crippen molar-refractivity contribution in [3.63, 3.8) is 0 Å². The van der Waals surface area contributed by atoms with Crippen LogP contribution in [0.25, 0.3) is 0 Å². The number of rotatable bonds is 2. The van der Waals surface area contributed by atoms with Gasteiger partial charge in [0.2, 0.25) is 5.91 Å². The summed E-state index contributed by atoms with van der Waals surface area (Å²) in [5.41, 5.74) is 2.79. The van der Waals surface area contributed by atoms with Gasteiger partial charge in [0.25, 0.3) is 0 Å². The molecule has 1 aromatic rings. The third kappa shape index (κ3) is 1.74. The monoisotopic (exact) mass is 283 g/mol. The van der Waals surface area contributed by atoms with Gasteiger partial charge in [-0.2, -0.15) is 0 Å². The fourth-order valence-electron chi connectivity index (χ4n) is 2.52. The van der Waals surface area contributed by atoms with Crippen molar-refractivity contribution in [1.82, 2.24) is 10.4 Å². The Hall–Kier alpha value is -0.940. The van der Waals surface area contributed by atoms with Crippen LogP contribution in [-0.2, 0) is 10.2 Å². The fraction of sp³-hybridized carbons (Fsp3) is 0.455. The lowest BCUT2D eigenvalue weighted by atomic mass is 9.59. The maximum Gasteiger partial charge on any atom is 0.244 e. The summed E-state index contributed by atoms with van der Waals surface area (Å²) < 4.78 is 0.744. The Morgan fingerprint density at radius 2 is 2.38 bits per heavy atom. The van der Waals surface area contributed by atoms with Crippen molar-refractivity contribution in [2.24, 2.45) is 11.8 Å². The maximum absolute atomic E-state index is 11.9. The van der Waals surface area contributed by atoms with E-state index in [9.17, 15) is 4.79 Å². The van der Waals surface area contributed by atoms with Crippen LogP contribution in [0.3, 0.4) is 0 Å². The SMILES string of the molecule is CC1CC(C(=O)NN)(c2ccnc(Br)c2)C1. The highest BCUT2D eigenvalue weighted by atomic mass is 79.9. The smallest absolute Gasteiger partial charge is 0.244 e. The quantitative estimate of drug-likeness (QED) is 0.374. The molecule has 0 radical (unpaired) electrons. The van der Waals surface area contributed by atoms with Crippen molar-refractivity contribution < 1.29 is 4.79 Å². The third-order valence-electron chi connectivity index (χ3n) is 3.24. The van der Waals surface area contributed by atoms with E-state index in [4.69, 9.17) is 5.84 Å². The van der Waals surface area contributed by atoms with Gasteiger partial charge in [0.05, 0.1) is 5.41 Å². The summed E-state index contributed by atoms with van der Waals surface area (Å²) >= 11 is 3.32. The maximum atomic E-state index is 11.9. The van der Waals surface area contributed by atoms with E-state index in [0.29, 0.717) is 5.92 Å². The van der Waals surface area contributed by atoms with Crippen LogP contribution in [0.2, 0.25) is 0 Å². The highest BCUT2D eigenvalue weighted by Gasteiger charge is 2.49. The number of carbonyl (C=O) groups excluding carboxylic acids is 1. The number of halogens is 1. The first-order chi connectivity index (χ1) is 7.58. The predicted molar refractivity (Wildman–Crippen MR) is 64.3 cm³/mol. The van der Waals surface area contributed by atoms with Crippen molar-refractivity contribution in [2.75, 3.05) is 0 Å². The van der Waals surface area contributed by atoms with Gasteiger partial charge in [-0.25, -0.2) is 10.8 Å². The average molecular weight is 284 g/mol. The molecule has 1 aliphatic carbocycles. The lowest BCUT2D eigenvalue weighted by molar-refractivity contribution is -0.131. The highest BCUT2D eigenvalue weighted by Crippen LogP contribution is 2.47. The van der Waals surface area contributed by atoms with E-state index in [0.717, 1.165) is 23.0 Å². The highest BCUT2D eigenvalue weighted by molar-refractivity contribution is 9.10. The summed E-state index contributed by atoms with van der Waals surface area (Å²) in [4.78, 5) is 16.0. The normalized spacial score (nSPS) is 28.3. The number of nitrogens with two attached hydrogens (primary N) is 1. The molecule has 1 heterocycles. The zero-order valence-electron chi connectivity index (χ0n) is 9.03. The van der Waals surface area contributed by atoms with Crippen LogP contribution in [0.15, 0.2) is 22.9 Å². The summed E-state index contributed by atoms with van der Waals surface area (Å²) in [6.07, 6.45) is 3.38. The van der Waals surface area contributed by atoms with Crippen LogP contribution in [0.4, 0.5) is 0 Å². The number of aromatic nitrogens is 1. The minimum absolute atomic E-state index is 0.108. The molecule has 0 atom stereocenters. The summed E-state index contributed by atoms with van der Waals surface area (Å²) in [6.45, 7) is 2.14. The molecule has 16 heavy (non-hydrogen) atoms. The Morgan fingerprint density at radius 1 is 1.69 bits per heavy atom. The lowest BCUT2D eigenvalue weighted by Crippen LogP contribution is -2.54. The van der Waals surface area contributed by atoms with Crippen LogP contribution < -0.4 is 11.3 Å². The van der Waals surface area contributed by atoms with Gasteiger partial charge in [0.15, 0.2) is 0 Å². The van der Waals surface area contributed by atoms with Crippen LogP contribution in [0.1, 0.15) is 25.3 Å². The number of hydrogen-bond acceptors (Lipinski definition) is 3. The molecule has 5 heteroatoms. The summed E-state index contributed by atoms with van der Waals surface area (Å²) in [5.74, 6) is 5.71. The van der Waals surface area contributed by atoms with Crippen molar-refractivity contribution in [2.45, 2.75) is 25.2 Å². The Bertz CT molecular complexity index is 415. The largest absolute Gasteiger partial charge is 0.293 e. The van der Waals surface area contributed by atoms with E-state index < -0.39 is 5.41 Å². The van der Waals surface area contributed by atoms with E-state index >= 15 is 0 Å². The molecule has 0 unspecified atom stereocenters. The zero-order chi connectivity index (χ0) is 11.8. The van der Waals surface area contributed by atoms with E-state index in [1.807, 2.05) is 12.1 Å². The second-order valence-electron chi connectivity index (χ2n) is 4.44. The number of nitrogens with one attached hydrogen (secondary N) is 1. The molecule has 1 saturated carbocycles. The summed E-state index contributed by atoms with van der Waals surface area (Å²) in [5, 5.41) is 0. The van der Waals surface area contributed by atoms with Crippen LogP contribution >= 0.6 is 15.9 Å².